The van der Waals surface area contributed by atoms with Crippen LogP contribution in [0.5, 0.6) is 5.75 Å². The van der Waals surface area contributed by atoms with Crippen LogP contribution >= 0.6 is 0 Å². The van der Waals surface area contributed by atoms with Crippen molar-refractivity contribution in [3.8, 4) is 5.75 Å². The van der Waals surface area contributed by atoms with E-state index in [1.54, 1.807) is 24.6 Å². The van der Waals surface area contributed by atoms with E-state index in [4.69, 9.17) is 4.74 Å². The predicted octanol–water partition coefficient (Wildman–Crippen LogP) is 2.09. The number of fused-ring (bicyclic) bond motifs is 5. The molecule has 2 aliphatic rings. The van der Waals surface area contributed by atoms with Gasteiger partial charge in [0.25, 0.3) is 5.56 Å². The Kier molecular flexibility index (Phi) is 3.25. The van der Waals surface area contributed by atoms with Crippen molar-refractivity contribution >= 4 is 10.9 Å². The minimum absolute atomic E-state index is 0.190. The molecule has 1 aliphatic heterocycles. The molecule has 2 heterocycles. The molecule has 0 saturated carbocycles. The van der Waals surface area contributed by atoms with Crippen LogP contribution in [0.1, 0.15) is 32.3 Å². The average molecular weight is 341 g/mol. The molecule has 0 fully saturated rings. The summed E-state index contributed by atoms with van der Waals surface area (Å²) >= 11 is 0. The van der Waals surface area contributed by atoms with Gasteiger partial charge in [0.05, 0.1) is 17.2 Å². The minimum atomic E-state index is -1.39. The quantitative estimate of drug-likeness (QED) is 0.720. The number of rotatable bonds is 0. The fraction of sp³-hybridized carbons (Fsp3) is 0.450. The molecule has 5 nitrogen and oxygen atoms in total. The van der Waals surface area contributed by atoms with Gasteiger partial charge in [0.15, 0.2) is 0 Å². The summed E-state index contributed by atoms with van der Waals surface area (Å²) in [7, 11) is 1.73. The number of hydrogen-bond donors (Lipinski definition) is 2. The molecule has 2 aromatic rings. The van der Waals surface area contributed by atoms with E-state index < -0.39 is 23.2 Å². The van der Waals surface area contributed by atoms with Crippen molar-refractivity contribution in [2.45, 2.75) is 44.0 Å². The Morgan fingerprint density at radius 1 is 1.20 bits per heavy atom. The molecule has 4 atom stereocenters. The summed E-state index contributed by atoms with van der Waals surface area (Å²) in [5, 5.41) is 22.3. The molecule has 1 aromatic carbocycles. The standard InChI is InChI=1S/C20H23NO4/c1-19(2)12-9-10-20(3,24)17(22)14(12)15-16(25-19)11-7-5-6-8-13(11)21(4)18(15)23/h5-10,12,14,17,22,24H,1-4H3/t12-,14-,17+,20+/m0/s1. The van der Waals surface area contributed by atoms with Gasteiger partial charge in [-0.1, -0.05) is 24.3 Å². The van der Waals surface area contributed by atoms with Crippen LogP contribution in [0.3, 0.4) is 0 Å². The number of aliphatic hydroxyl groups is 2. The Labute approximate surface area is 146 Å². The molecular formula is C20H23NO4. The highest BCUT2D eigenvalue weighted by molar-refractivity contribution is 5.87. The van der Waals surface area contributed by atoms with Gasteiger partial charge in [-0.2, -0.15) is 0 Å². The topological polar surface area (TPSA) is 71.7 Å². The minimum Gasteiger partial charge on any atom is -0.486 e. The molecule has 2 N–H and O–H groups in total. The van der Waals surface area contributed by atoms with Gasteiger partial charge in [-0.15, -0.1) is 0 Å². The van der Waals surface area contributed by atoms with Crippen molar-refractivity contribution < 1.29 is 14.9 Å². The fourth-order valence-electron chi connectivity index (χ4n) is 4.30. The molecule has 132 valence electrons. The maximum atomic E-state index is 13.1. The van der Waals surface area contributed by atoms with Gasteiger partial charge in [-0.25, -0.2) is 0 Å². The second-order valence-electron chi connectivity index (χ2n) is 7.91. The molecule has 25 heavy (non-hydrogen) atoms. The lowest BCUT2D eigenvalue weighted by molar-refractivity contribution is -0.0855. The number of para-hydroxylation sites is 1. The van der Waals surface area contributed by atoms with E-state index in [0.717, 1.165) is 10.9 Å². The van der Waals surface area contributed by atoms with Crippen LogP contribution in [0, 0.1) is 5.92 Å². The summed E-state index contributed by atoms with van der Waals surface area (Å²) in [6, 6.07) is 7.59. The largest absolute Gasteiger partial charge is 0.486 e. The number of nitrogens with zero attached hydrogens (tertiary/aromatic N) is 1. The van der Waals surface area contributed by atoms with Crippen molar-refractivity contribution in [2.24, 2.45) is 13.0 Å². The van der Waals surface area contributed by atoms with E-state index in [0.29, 0.717) is 11.3 Å². The summed E-state index contributed by atoms with van der Waals surface area (Å²) in [5.41, 5.74) is -0.955. The summed E-state index contributed by atoms with van der Waals surface area (Å²) in [6.07, 6.45) is 2.40. The third-order valence-corrected chi connectivity index (χ3v) is 5.76. The summed E-state index contributed by atoms with van der Waals surface area (Å²) in [4.78, 5) is 13.1. The first-order valence-corrected chi connectivity index (χ1v) is 8.55. The van der Waals surface area contributed by atoms with Gasteiger partial charge >= 0.3 is 0 Å². The molecular weight excluding hydrogens is 318 g/mol. The highest BCUT2D eigenvalue weighted by atomic mass is 16.5. The maximum Gasteiger partial charge on any atom is 0.258 e. The van der Waals surface area contributed by atoms with Crippen LogP contribution in [0.4, 0.5) is 0 Å². The van der Waals surface area contributed by atoms with E-state index in [9.17, 15) is 15.0 Å². The van der Waals surface area contributed by atoms with Gasteiger partial charge in [0, 0.05) is 24.3 Å². The fourth-order valence-corrected chi connectivity index (χ4v) is 4.30. The van der Waals surface area contributed by atoms with Crippen LogP contribution in [-0.2, 0) is 7.05 Å². The van der Waals surface area contributed by atoms with E-state index in [1.165, 1.54) is 0 Å². The highest BCUT2D eigenvalue weighted by Gasteiger charge is 2.53. The van der Waals surface area contributed by atoms with Crippen molar-refractivity contribution in [3.05, 3.63) is 52.3 Å². The van der Waals surface area contributed by atoms with Gasteiger partial charge in [-0.3, -0.25) is 4.79 Å². The van der Waals surface area contributed by atoms with Gasteiger partial charge in [0.2, 0.25) is 0 Å². The number of aromatic nitrogens is 1. The van der Waals surface area contributed by atoms with Crippen molar-refractivity contribution in [2.75, 3.05) is 0 Å². The normalized spacial score (nSPS) is 32.8. The first-order chi connectivity index (χ1) is 11.6. The zero-order valence-electron chi connectivity index (χ0n) is 14.9. The average Bonchev–Trinajstić information content (AvgIpc) is 2.55. The molecule has 0 unspecified atom stereocenters. The van der Waals surface area contributed by atoms with Crippen molar-refractivity contribution in [3.63, 3.8) is 0 Å². The Morgan fingerprint density at radius 3 is 2.60 bits per heavy atom. The zero-order chi connectivity index (χ0) is 18.1. The second kappa shape index (κ2) is 4.96. The van der Waals surface area contributed by atoms with E-state index in [2.05, 4.69) is 0 Å². The van der Waals surface area contributed by atoms with Gasteiger partial charge < -0.3 is 19.5 Å². The lowest BCUT2D eigenvalue weighted by Crippen LogP contribution is -2.56. The van der Waals surface area contributed by atoms with Crippen LogP contribution in [-0.4, -0.2) is 32.1 Å². The van der Waals surface area contributed by atoms with E-state index in [1.807, 2.05) is 44.2 Å². The predicted molar refractivity (Wildman–Crippen MR) is 95.9 cm³/mol. The van der Waals surface area contributed by atoms with Crippen molar-refractivity contribution in [1.82, 2.24) is 4.57 Å². The van der Waals surface area contributed by atoms with Gasteiger partial charge in [-0.05, 0) is 32.9 Å². The third-order valence-electron chi connectivity index (χ3n) is 5.76. The third kappa shape index (κ3) is 2.12. The number of ether oxygens (including phenoxy) is 1. The molecule has 4 rings (SSSR count). The van der Waals surface area contributed by atoms with Crippen LogP contribution < -0.4 is 10.3 Å². The molecule has 5 heteroatoms. The van der Waals surface area contributed by atoms with Gasteiger partial charge in [0.1, 0.15) is 17.0 Å². The number of aryl methyl sites for hydroxylation is 1. The molecule has 0 saturated heterocycles. The molecule has 0 spiro atoms. The Morgan fingerprint density at radius 2 is 1.88 bits per heavy atom. The monoisotopic (exact) mass is 341 g/mol. The Hall–Kier alpha value is -2.11. The number of hydrogen-bond acceptors (Lipinski definition) is 4. The molecule has 0 radical (unpaired) electrons. The molecule has 0 bridgehead atoms. The van der Waals surface area contributed by atoms with Crippen molar-refractivity contribution in [1.29, 1.82) is 0 Å². The molecule has 0 amide bonds. The smallest absolute Gasteiger partial charge is 0.258 e. The summed E-state index contributed by atoms with van der Waals surface area (Å²) < 4.78 is 7.89. The molecule has 1 aliphatic carbocycles. The summed E-state index contributed by atoms with van der Waals surface area (Å²) in [6.45, 7) is 5.48. The van der Waals surface area contributed by atoms with Crippen LogP contribution in [0.25, 0.3) is 10.9 Å². The van der Waals surface area contributed by atoms with E-state index in [-0.39, 0.29) is 11.5 Å². The number of aliphatic hydroxyl groups excluding tert-OH is 1. The van der Waals surface area contributed by atoms with Crippen LogP contribution in [0.2, 0.25) is 0 Å². The lowest BCUT2D eigenvalue weighted by Gasteiger charge is -2.49. The Bertz CT molecular complexity index is 954. The highest BCUT2D eigenvalue weighted by Crippen LogP contribution is 2.51. The lowest BCUT2D eigenvalue weighted by atomic mass is 9.65. The SMILES string of the molecule is Cn1c(=O)c2c(c3ccccc31)OC(C)(C)[C@H]1C=C[C@@](C)(O)[C@H](O)[C@H]21. The Balaban J connectivity index is 2.11. The molecule has 1 aromatic heterocycles. The first kappa shape index (κ1) is 16.4. The second-order valence-corrected chi connectivity index (χ2v) is 7.91. The first-order valence-electron chi connectivity index (χ1n) is 8.55. The number of benzene rings is 1. The maximum absolute atomic E-state index is 13.1. The zero-order valence-corrected chi connectivity index (χ0v) is 14.9. The number of pyridine rings is 1. The van der Waals surface area contributed by atoms with E-state index >= 15 is 0 Å². The van der Waals surface area contributed by atoms with Crippen LogP contribution in [0.15, 0.2) is 41.2 Å². The summed E-state index contributed by atoms with van der Waals surface area (Å²) in [5.74, 6) is -0.207.